The van der Waals surface area contributed by atoms with Gasteiger partial charge in [0.25, 0.3) is 0 Å². The average molecular weight is 561 g/mol. The molecule has 0 saturated carbocycles. The summed E-state index contributed by atoms with van der Waals surface area (Å²) in [4.78, 5) is 32.6. The van der Waals surface area contributed by atoms with Crippen LogP contribution in [0.5, 0.6) is 0 Å². The van der Waals surface area contributed by atoms with Crippen LogP contribution < -0.4 is 4.90 Å². The fourth-order valence-corrected chi connectivity index (χ4v) is 6.63. The molecular weight excluding hydrogens is 528 g/mol. The third-order valence-corrected chi connectivity index (χ3v) is 8.67. The highest BCUT2D eigenvalue weighted by molar-refractivity contribution is 7.22. The number of amides is 1. The summed E-state index contributed by atoms with van der Waals surface area (Å²) in [6.07, 6.45) is -0.729. The number of halogens is 1. The summed E-state index contributed by atoms with van der Waals surface area (Å²) < 4.78 is 7.33. The molecule has 1 aromatic heterocycles. The van der Waals surface area contributed by atoms with Crippen molar-refractivity contribution in [3.8, 4) is 21.7 Å². The molecule has 0 spiro atoms. The van der Waals surface area contributed by atoms with Crippen molar-refractivity contribution in [2.24, 2.45) is 0 Å². The number of hydrogen-bond donors (Lipinski definition) is 0. The Kier molecular flexibility index (Phi) is 6.73. The van der Waals surface area contributed by atoms with Crippen LogP contribution in [0.3, 0.4) is 0 Å². The highest BCUT2D eigenvalue weighted by Crippen LogP contribution is 2.47. The van der Waals surface area contributed by atoms with E-state index in [2.05, 4.69) is 6.07 Å². The van der Waals surface area contributed by atoms with Gasteiger partial charge in [-0.05, 0) is 102 Å². The van der Waals surface area contributed by atoms with Gasteiger partial charge in [0.2, 0.25) is 5.91 Å². The molecule has 1 amide bonds. The topological polar surface area (TPSA) is 59.5 Å². The van der Waals surface area contributed by atoms with Gasteiger partial charge in [-0.2, -0.15) is 0 Å². The van der Waals surface area contributed by atoms with E-state index in [0.29, 0.717) is 5.02 Å². The molecule has 5 nitrogen and oxygen atoms in total. The summed E-state index contributed by atoms with van der Waals surface area (Å²) in [5.41, 5.74) is 6.30. The Bertz CT molecular complexity index is 1630. The molecule has 0 bridgehead atoms. The Morgan fingerprint density at radius 3 is 2.33 bits per heavy atom. The average Bonchev–Trinajstić information content (AvgIpc) is 3.35. The smallest absolute Gasteiger partial charge is 0.236 e. The van der Waals surface area contributed by atoms with Gasteiger partial charge in [-0.3, -0.25) is 9.59 Å². The van der Waals surface area contributed by atoms with E-state index >= 15 is 0 Å². The van der Waals surface area contributed by atoms with Gasteiger partial charge in [0.15, 0.2) is 5.78 Å². The zero-order valence-electron chi connectivity index (χ0n) is 23.6. The van der Waals surface area contributed by atoms with Crippen molar-refractivity contribution in [1.82, 2.24) is 4.98 Å². The maximum absolute atomic E-state index is 13.0. The zero-order valence-corrected chi connectivity index (χ0v) is 25.2. The number of ether oxygens (including phenoxy) is 1. The molecule has 0 fully saturated rings. The van der Waals surface area contributed by atoms with Crippen LogP contribution >= 0.6 is 22.9 Å². The number of fused-ring (bicyclic) bond motifs is 2. The lowest BCUT2D eigenvalue weighted by molar-refractivity contribution is -0.138. The van der Waals surface area contributed by atoms with Gasteiger partial charge in [0, 0.05) is 34.4 Å². The number of Topliss-reactive ketones (excluding diaryl/α,β-unsaturated/α-hetero) is 1. The van der Waals surface area contributed by atoms with Crippen molar-refractivity contribution in [2.75, 3.05) is 11.9 Å². The first-order chi connectivity index (χ1) is 18.2. The summed E-state index contributed by atoms with van der Waals surface area (Å²) in [7, 11) is 1.82. The minimum atomic E-state index is -0.729. The molecule has 0 radical (unpaired) electrons. The molecule has 0 unspecified atom stereocenters. The fraction of sp³-hybridized carbons (Fsp3) is 0.344. The number of hydrogen-bond acceptors (Lipinski definition) is 5. The summed E-state index contributed by atoms with van der Waals surface area (Å²) >= 11 is 7.83. The van der Waals surface area contributed by atoms with Crippen LogP contribution in [0.2, 0.25) is 5.02 Å². The summed E-state index contributed by atoms with van der Waals surface area (Å²) in [5.74, 6) is 0.0281. The predicted octanol–water partition coefficient (Wildman–Crippen LogP) is 8.29. The van der Waals surface area contributed by atoms with Crippen molar-refractivity contribution < 1.29 is 14.3 Å². The van der Waals surface area contributed by atoms with Gasteiger partial charge in [-0.15, -0.1) is 11.3 Å². The SMILES string of the molecule is CC(=O)[C@@H](OC(C)(C)C)c1c(C)cc2nc(-c3ccc4c(c3)C(C)(C)C(=O)N4C)sc2c1-c1ccc(Cl)cc1. The van der Waals surface area contributed by atoms with E-state index in [1.807, 2.05) is 91.1 Å². The minimum Gasteiger partial charge on any atom is -0.360 e. The maximum Gasteiger partial charge on any atom is 0.236 e. The number of carbonyl (C=O) groups is 2. The van der Waals surface area contributed by atoms with Gasteiger partial charge >= 0.3 is 0 Å². The van der Waals surface area contributed by atoms with Crippen molar-refractivity contribution in [3.05, 3.63) is 70.2 Å². The van der Waals surface area contributed by atoms with Crippen LogP contribution in [-0.4, -0.2) is 29.3 Å². The molecule has 0 aliphatic carbocycles. The Morgan fingerprint density at radius 2 is 1.72 bits per heavy atom. The van der Waals surface area contributed by atoms with Gasteiger partial charge in [-0.1, -0.05) is 23.7 Å². The molecule has 5 rings (SSSR count). The lowest BCUT2D eigenvalue weighted by Gasteiger charge is -2.29. The molecular formula is C32H33ClN2O3S. The monoisotopic (exact) mass is 560 g/mol. The summed E-state index contributed by atoms with van der Waals surface area (Å²) in [6, 6.07) is 15.8. The highest BCUT2D eigenvalue weighted by atomic mass is 35.5. The van der Waals surface area contributed by atoms with Crippen LogP contribution in [0.4, 0.5) is 5.69 Å². The molecule has 7 heteroatoms. The number of benzene rings is 3. The second kappa shape index (κ2) is 9.54. The van der Waals surface area contributed by atoms with Crippen LogP contribution in [0.15, 0.2) is 48.5 Å². The molecule has 202 valence electrons. The first kappa shape index (κ1) is 27.5. The quantitative estimate of drug-likeness (QED) is 0.246. The lowest BCUT2D eigenvalue weighted by atomic mass is 9.85. The zero-order chi connectivity index (χ0) is 28.4. The maximum atomic E-state index is 13.0. The number of ketones is 1. The Labute approximate surface area is 238 Å². The number of nitrogens with zero attached hydrogens (tertiary/aromatic N) is 2. The second-order valence-corrected chi connectivity index (χ2v) is 13.2. The van der Waals surface area contributed by atoms with E-state index in [1.54, 1.807) is 23.2 Å². The van der Waals surface area contributed by atoms with E-state index in [1.165, 1.54) is 0 Å². The van der Waals surface area contributed by atoms with Crippen LogP contribution in [-0.2, 0) is 19.7 Å². The van der Waals surface area contributed by atoms with Crippen LogP contribution in [0.1, 0.15) is 64.3 Å². The van der Waals surface area contributed by atoms with E-state index in [4.69, 9.17) is 21.3 Å². The van der Waals surface area contributed by atoms with Crippen LogP contribution in [0, 0.1) is 6.92 Å². The Balaban J connectivity index is 1.76. The van der Waals surface area contributed by atoms with Gasteiger partial charge in [0.05, 0.1) is 21.2 Å². The predicted molar refractivity (Wildman–Crippen MR) is 161 cm³/mol. The first-order valence-electron chi connectivity index (χ1n) is 13.0. The molecule has 1 aliphatic heterocycles. The largest absolute Gasteiger partial charge is 0.360 e. The van der Waals surface area contributed by atoms with E-state index in [9.17, 15) is 9.59 Å². The van der Waals surface area contributed by atoms with Gasteiger partial charge < -0.3 is 9.64 Å². The molecule has 0 saturated heterocycles. The van der Waals surface area contributed by atoms with Gasteiger partial charge in [0.1, 0.15) is 11.1 Å². The number of aromatic nitrogens is 1. The third kappa shape index (κ3) is 4.79. The first-order valence-corrected chi connectivity index (χ1v) is 14.2. The van der Waals surface area contributed by atoms with Gasteiger partial charge in [-0.25, -0.2) is 4.98 Å². The van der Waals surface area contributed by atoms with E-state index in [-0.39, 0.29) is 11.7 Å². The van der Waals surface area contributed by atoms with Crippen molar-refractivity contribution in [2.45, 2.75) is 65.6 Å². The Morgan fingerprint density at radius 1 is 1.08 bits per heavy atom. The molecule has 1 aliphatic rings. The number of rotatable bonds is 5. The standard InChI is InChI=1S/C32H33ClN2O3S/c1-17-15-23-28(39-29(34-23)20-11-14-24-22(16-20)32(6,7)30(37)35(24)8)26(19-9-12-21(33)13-10-19)25(17)27(18(2)36)38-31(3,4)5/h9-16,27H,1-8H3/t27-/m1/s1. The number of carbonyl (C=O) groups excluding carboxylic acids is 2. The van der Waals surface area contributed by atoms with E-state index in [0.717, 1.165) is 54.3 Å². The highest BCUT2D eigenvalue weighted by Gasteiger charge is 2.42. The van der Waals surface area contributed by atoms with Crippen molar-refractivity contribution >= 4 is 50.5 Å². The van der Waals surface area contributed by atoms with E-state index < -0.39 is 17.1 Å². The second-order valence-electron chi connectivity index (χ2n) is 11.8. The molecule has 39 heavy (non-hydrogen) atoms. The molecule has 2 heterocycles. The van der Waals surface area contributed by atoms with Crippen molar-refractivity contribution in [1.29, 1.82) is 0 Å². The van der Waals surface area contributed by atoms with Crippen LogP contribution in [0.25, 0.3) is 31.9 Å². The normalized spacial score (nSPS) is 15.6. The minimum absolute atomic E-state index is 0.0537. The number of thiazole rings is 1. The molecule has 3 aromatic carbocycles. The Hall–Kier alpha value is -3.06. The molecule has 1 atom stereocenters. The number of likely N-dealkylation sites (N-methyl/N-ethyl adjacent to an activating group) is 1. The number of aryl methyl sites for hydroxylation is 1. The molecule has 0 N–H and O–H groups in total. The lowest BCUT2D eigenvalue weighted by Crippen LogP contribution is -2.33. The summed E-state index contributed by atoms with van der Waals surface area (Å²) in [6.45, 7) is 13.4. The molecule has 4 aromatic rings. The van der Waals surface area contributed by atoms with Crippen molar-refractivity contribution in [3.63, 3.8) is 0 Å². The summed E-state index contributed by atoms with van der Waals surface area (Å²) in [5, 5.41) is 1.50. The number of anilines is 1. The fourth-order valence-electron chi connectivity index (χ4n) is 5.38. The third-order valence-electron chi connectivity index (χ3n) is 7.28.